The molecule has 1 aliphatic carbocycles. The van der Waals surface area contributed by atoms with Crippen molar-refractivity contribution in [2.45, 2.75) is 32.9 Å². The Bertz CT molecular complexity index is 977. The lowest BCUT2D eigenvalue weighted by Crippen LogP contribution is -2.36. The molecule has 2 heterocycles. The molecule has 1 aromatic carbocycles. The van der Waals surface area contributed by atoms with Gasteiger partial charge in [-0.25, -0.2) is 9.97 Å². The molecular formula is C23H28N6O. The summed E-state index contributed by atoms with van der Waals surface area (Å²) in [5, 5.41) is 6.72. The first-order valence-electron chi connectivity index (χ1n) is 10.3. The smallest absolute Gasteiger partial charge is 0.191 e. The molecule has 0 unspecified atom stereocenters. The number of nitrogens with zero attached hydrogens (tertiary/aromatic N) is 4. The van der Waals surface area contributed by atoms with Crippen molar-refractivity contribution in [2.75, 3.05) is 13.7 Å². The zero-order valence-electron chi connectivity index (χ0n) is 17.5. The van der Waals surface area contributed by atoms with Crippen molar-refractivity contribution in [3.05, 3.63) is 71.9 Å². The van der Waals surface area contributed by atoms with Gasteiger partial charge in [-0.15, -0.1) is 0 Å². The average Bonchev–Trinajstić information content (AvgIpc) is 3.44. The number of ether oxygens (including phenoxy) is 1. The minimum Gasteiger partial charge on any atom is -0.493 e. The minimum absolute atomic E-state index is 0.635. The molecule has 0 spiro atoms. The zero-order valence-corrected chi connectivity index (χ0v) is 17.5. The third-order valence-corrected chi connectivity index (χ3v) is 5.10. The predicted octanol–water partition coefficient (Wildman–Crippen LogP) is 3.23. The van der Waals surface area contributed by atoms with E-state index < -0.39 is 0 Å². The summed E-state index contributed by atoms with van der Waals surface area (Å²) in [6.07, 6.45) is 9.78. The van der Waals surface area contributed by atoms with Crippen molar-refractivity contribution in [3.63, 3.8) is 0 Å². The lowest BCUT2D eigenvalue weighted by Gasteiger charge is -2.15. The average molecular weight is 405 g/mol. The number of rotatable bonds is 8. The lowest BCUT2D eigenvalue weighted by molar-refractivity contribution is 0.296. The Hall–Kier alpha value is -3.35. The molecule has 30 heavy (non-hydrogen) atoms. The summed E-state index contributed by atoms with van der Waals surface area (Å²) >= 11 is 0. The maximum Gasteiger partial charge on any atom is 0.191 e. The van der Waals surface area contributed by atoms with Gasteiger partial charge in [-0.3, -0.25) is 9.56 Å². The van der Waals surface area contributed by atoms with E-state index in [-0.39, 0.29) is 0 Å². The monoisotopic (exact) mass is 404 g/mol. The molecule has 3 aromatic rings. The fourth-order valence-electron chi connectivity index (χ4n) is 3.09. The molecule has 7 heteroatoms. The van der Waals surface area contributed by atoms with E-state index in [9.17, 15) is 0 Å². The highest BCUT2D eigenvalue weighted by Gasteiger charge is 2.22. The van der Waals surface area contributed by atoms with Gasteiger partial charge in [0, 0.05) is 44.3 Å². The van der Waals surface area contributed by atoms with Gasteiger partial charge >= 0.3 is 0 Å². The quantitative estimate of drug-likeness (QED) is 0.445. The third-order valence-electron chi connectivity index (χ3n) is 5.10. The van der Waals surface area contributed by atoms with Gasteiger partial charge in [0.15, 0.2) is 5.96 Å². The SMILES string of the molecule is CN=C(NCc1ccc(-n2ccnc2)nc1)NCc1ccc(C)cc1OCC1CC1. The fraction of sp³-hybridized carbons (Fsp3) is 0.348. The number of aromatic nitrogens is 3. The van der Waals surface area contributed by atoms with Crippen LogP contribution in [0.25, 0.3) is 5.82 Å². The van der Waals surface area contributed by atoms with Crippen molar-refractivity contribution in [3.8, 4) is 11.6 Å². The molecule has 0 amide bonds. The Balaban J connectivity index is 1.31. The topological polar surface area (TPSA) is 76.4 Å². The van der Waals surface area contributed by atoms with Crippen LogP contribution in [0.3, 0.4) is 0 Å². The highest BCUT2D eigenvalue weighted by molar-refractivity contribution is 5.79. The number of guanidine groups is 1. The highest BCUT2D eigenvalue weighted by Crippen LogP contribution is 2.30. The van der Waals surface area contributed by atoms with E-state index in [0.717, 1.165) is 41.2 Å². The number of pyridine rings is 1. The molecule has 0 bridgehead atoms. The molecule has 0 saturated heterocycles. The maximum absolute atomic E-state index is 6.06. The van der Waals surface area contributed by atoms with Crippen LogP contribution in [0.1, 0.15) is 29.5 Å². The molecule has 0 aliphatic heterocycles. The van der Waals surface area contributed by atoms with Crippen LogP contribution in [0.2, 0.25) is 0 Å². The van der Waals surface area contributed by atoms with Crippen LogP contribution in [0.5, 0.6) is 5.75 Å². The summed E-state index contributed by atoms with van der Waals surface area (Å²) in [7, 11) is 1.77. The first kappa shape index (κ1) is 19.9. The van der Waals surface area contributed by atoms with Gasteiger partial charge in [0.25, 0.3) is 0 Å². The van der Waals surface area contributed by atoms with Crippen LogP contribution in [0.4, 0.5) is 0 Å². The largest absolute Gasteiger partial charge is 0.493 e. The van der Waals surface area contributed by atoms with E-state index in [4.69, 9.17) is 4.74 Å². The minimum atomic E-state index is 0.635. The van der Waals surface area contributed by atoms with Gasteiger partial charge in [0.2, 0.25) is 0 Å². The third kappa shape index (κ3) is 5.37. The van der Waals surface area contributed by atoms with Crippen molar-refractivity contribution in [1.82, 2.24) is 25.2 Å². The summed E-state index contributed by atoms with van der Waals surface area (Å²) in [6, 6.07) is 10.4. The normalized spacial score (nSPS) is 13.9. The van der Waals surface area contributed by atoms with Crippen LogP contribution in [-0.4, -0.2) is 34.1 Å². The number of aryl methyl sites for hydroxylation is 1. The van der Waals surface area contributed by atoms with Gasteiger partial charge in [-0.1, -0.05) is 18.2 Å². The summed E-state index contributed by atoms with van der Waals surface area (Å²) in [6.45, 7) is 4.19. The summed E-state index contributed by atoms with van der Waals surface area (Å²) in [5.74, 6) is 3.28. The van der Waals surface area contributed by atoms with E-state index in [0.29, 0.717) is 13.1 Å². The van der Waals surface area contributed by atoms with Crippen molar-refractivity contribution >= 4 is 5.96 Å². The molecule has 2 aromatic heterocycles. The van der Waals surface area contributed by atoms with Crippen molar-refractivity contribution in [2.24, 2.45) is 10.9 Å². The Morgan fingerprint density at radius 1 is 1.20 bits per heavy atom. The second-order valence-electron chi connectivity index (χ2n) is 7.64. The molecule has 4 rings (SSSR count). The summed E-state index contributed by atoms with van der Waals surface area (Å²) in [4.78, 5) is 12.9. The Kier molecular flexibility index (Phi) is 6.27. The Morgan fingerprint density at radius 3 is 2.77 bits per heavy atom. The fourth-order valence-corrected chi connectivity index (χ4v) is 3.09. The second kappa shape index (κ2) is 9.43. The molecule has 0 atom stereocenters. The predicted molar refractivity (Wildman–Crippen MR) is 118 cm³/mol. The highest BCUT2D eigenvalue weighted by atomic mass is 16.5. The first-order valence-corrected chi connectivity index (χ1v) is 10.3. The standard InChI is InChI=1S/C23H28N6O/c1-17-3-7-20(21(11-17)30-15-18-4-5-18)14-28-23(24-2)27-13-19-6-8-22(26-12-19)29-10-9-25-16-29/h3,6-12,16,18H,4-5,13-15H2,1-2H3,(H2,24,27,28). The van der Waals surface area contributed by atoms with Crippen LogP contribution in [-0.2, 0) is 13.1 Å². The summed E-state index contributed by atoms with van der Waals surface area (Å²) < 4.78 is 7.94. The van der Waals surface area contributed by atoms with Crippen molar-refractivity contribution in [1.29, 1.82) is 0 Å². The number of benzene rings is 1. The van der Waals surface area contributed by atoms with Gasteiger partial charge in [0.1, 0.15) is 17.9 Å². The van der Waals surface area contributed by atoms with Gasteiger partial charge < -0.3 is 15.4 Å². The molecule has 2 N–H and O–H groups in total. The maximum atomic E-state index is 6.06. The molecule has 7 nitrogen and oxygen atoms in total. The van der Waals surface area contributed by atoms with Crippen LogP contribution in [0, 0.1) is 12.8 Å². The number of aliphatic imine (C=N–C) groups is 1. The van der Waals surface area contributed by atoms with Gasteiger partial charge in [-0.05, 0) is 48.9 Å². The molecular weight excluding hydrogens is 376 g/mol. The number of hydrogen-bond acceptors (Lipinski definition) is 4. The summed E-state index contributed by atoms with van der Waals surface area (Å²) in [5.41, 5.74) is 3.42. The van der Waals surface area contributed by atoms with E-state index in [1.54, 1.807) is 19.6 Å². The Labute approximate surface area is 177 Å². The number of nitrogens with one attached hydrogen (secondary N) is 2. The molecule has 1 aliphatic rings. The molecule has 1 saturated carbocycles. The number of imidazole rings is 1. The Morgan fingerprint density at radius 2 is 2.07 bits per heavy atom. The van der Waals surface area contributed by atoms with Crippen LogP contribution >= 0.6 is 0 Å². The molecule has 1 fully saturated rings. The van der Waals surface area contributed by atoms with Gasteiger partial charge in [0.05, 0.1) is 6.61 Å². The van der Waals surface area contributed by atoms with Crippen molar-refractivity contribution < 1.29 is 4.74 Å². The van der Waals surface area contributed by atoms with E-state index in [1.807, 2.05) is 29.1 Å². The van der Waals surface area contributed by atoms with Crippen LogP contribution < -0.4 is 15.4 Å². The second-order valence-corrected chi connectivity index (χ2v) is 7.64. The van der Waals surface area contributed by atoms with E-state index >= 15 is 0 Å². The van der Waals surface area contributed by atoms with Crippen LogP contribution in [0.15, 0.2) is 60.2 Å². The first-order chi connectivity index (χ1) is 14.7. The lowest BCUT2D eigenvalue weighted by atomic mass is 10.1. The zero-order chi connectivity index (χ0) is 20.8. The van der Waals surface area contributed by atoms with E-state index in [2.05, 4.69) is 50.7 Å². The molecule has 156 valence electrons. The van der Waals surface area contributed by atoms with E-state index in [1.165, 1.54) is 18.4 Å². The van der Waals surface area contributed by atoms with Gasteiger partial charge in [-0.2, -0.15) is 0 Å². The molecule has 0 radical (unpaired) electrons. The number of hydrogen-bond donors (Lipinski definition) is 2.